The van der Waals surface area contributed by atoms with E-state index in [0.29, 0.717) is 50.5 Å². The van der Waals surface area contributed by atoms with Crippen LogP contribution in [0, 0.1) is 5.92 Å². The van der Waals surface area contributed by atoms with Crippen LogP contribution >= 0.6 is 23.2 Å². The van der Waals surface area contributed by atoms with Gasteiger partial charge in [-0.25, -0.2) is 18.7 Å². The summed E-state index contributed by atoms with van der Waals surface area (Å²) in [6.45, 7) is -1.06. The number of benzene rings is 2. The molecule has 3 unspecified atom stereocenters. The monoisotopic (exact) mass is 619 g/mol. The van der Waals surface area contributed by atoms with Gasteiger partial charge in [0.1, 0.15) is 18.6 Å². The lowest BCUT2D eigenvalue weighted by Crippen LogP contribution is -2.53. The predicted octanol–water partition coefficient (Wildman–Crippen LogP) is 5.20. The van der Waals surface area contributed by atoms with Crippen molar-refractivity contribution in [2.24, 2.45) is 5.92 Å². The smallest absolute Gasteiger partial charge is 0.281 e. The fourth-order valence-corrected chi connectivity index (χ4v) is 5.99. The fourth-order valence-electron chi connectivity index (χ4n) is 5.77. The molecule has 1 saturated heterocycles. The van der Waals surface area contributed by atoms with Crippen LogP contribution in [0.3, 0.4) is 0 Å². The molecule has 8 nitrogen and oxygen atoms in total. The van der Waals surface area contributed by atoms with Gasteiger partial charge in [0, 0.05) is 48.8 Å². The van der Waals surface area contributed by atoms with Gasteiger partial charge >= 0.3 is 0 Å². The van der Waals surface area contributed by atoms with Crippen molar-refractivity contribution in [3.05, 3.63) is 81.4 Å². The van der Waals surface area contributed by atoms with E-state index in [2.05, 4.69) is 9.97 Å². The Morgan fingerprint density at radius 2 is 1.79 bits per heavy atom. The quantitative estimate of drug-likeness (QED) is 0.317. The molecule has 2 aromatic carbocycles. The molecule has 0 spiro atoms. The average molecular weight is 620 g/mol. The number of carbonyl (C=O) groups excluding carboxylic acids is 1. The number of rotatable bonds is 9. The van der Waals surface area contributed by atoms with E-state index in [4.69, 9.17) is 32.8 Å². The lowest BCUT2D eigenvalue weighted by atomic mass is 9.79. The second kappa shape index (κ2) is 11.4. The van der Waals surface area contributed by atoms with E-state index in [1.165, 1.54) is 18.5 Å². The van der Waals surface area contributed by atoms with E-state index in [0.717, 1.165) is 0 Å². The molecule has 1 aliphatic carbocycles. The zero-order chi connectivity index (χ0) is 29.6. The summed E-state index contributed by atoms with van der Waals surface area (Å²) >= 11 is 12.2. The topological polar surface area (TPSA) is 105 Å². The van der Waals surface area contributed by atoms with Gasteiger partial charge in [-0.2, -0.15) is 5.06 Å². The molecule has 1 saturated carbocycles. The van der Waals surface area contributed by atoms with Crippen LogP contribution in [0.2, 0.25) is 10.0 Å². The lowest BCUT2D eigenvalue weighted by Gasteiger charge is -2.42. The summed E-state index contributed by atoms with van der Waals surface area (Å²) in [5, 5.41) is 22.5. The Balaban J connectivity index is 1.55. The third-order valence-corrected chi connectivity index (χ3v) is 8.66. The Bertz CT molecular complexity index is 1480. The first-order chi connectivity index (χ1) is 20.1. The Labute approximate surface area is 251 Å². The Kier molecular flexibility index (Phi) is 7.97. The van der Waals surface area contributed by atoms with Crippen molar-refractivity contribution in [2.75, 3.05) is 19.8 Å². The summed E-state index contributed by atoms with van der Waals surface area (Å²) in [5.74, 6) is -4.69. The van der Waals surface area contributed by atoms with Gasteiger partial charge in [-0.15, -0.1) is 0 Å². The van der Waals surface area contributed by atoms with Crippen LogP contribution in [0.5, 0.6) is 0 Å². The summed E-state index contributed by atoms with van der Waals surface area (Å²) in [5.41, 5.74) is 0.412. The molecule has 12 heteroatoms. The van der Waals surface area contributed by atoms with Gasteiger partial charge in [0.05, 0.1) is 34.8 Å². The van der Waals surface area contributed by atoms with Crippen LogP contribution in [0.25, 0.3) is 11.1 Å². The first-order valence-electron chi connectivity index (χ1n) is 13.8. The highest BCUT2D eigenvalue weighted by Crippen LogP contribution is 2.52. The van der Waals surface area contributed by atoms with E-state index in [-0.39, 0.29) is 43.6 Å². The van der Waals surface area contributed by atoms with E-state index >= 15 is 4.39 Å². The maximum Gasteiger partial charge on any atom is 0.281 e. The van der Waals surface area contributed by atoms with Crippen molar-refractivity contribution in [3.8, 4) is 11.1 Å². The summed E-state index contributed by atoms with van der Waals surface area (Å²) in [7, 11) is 0. The van der Waals surface area contributed by atoms with E-state index in [1.807, 2.05) is 0 Å². The number of aromatic nitrogens is 2. The van der Waals surface area contributed by atoms with Crippen LogP contribution in [-0.4, -0.2) is 68.8 Å². The van der Waals surface area contributed by atoms with E-state index < -0.39 is 42.1 Å². The second-order valence-corrected chi connectivity index (χ2v) is 12.0. The number of aliphatic hydroxyl groups is 2. The van der Waals surface area contributed by atoms with E-state index in [1.54, 1.807) is 30.3 Å². The third kappa shape index (κ3) is 5.40. The number of hydrogen-bond donors (Lipinski definition) is 2. The number of aliphatic hydroxyl groups excluding tert-OH is 1. The van der Waals surface area contributed by atoms with Crippen molar-refractivity contribution in [2.45, 2.75) is 55.8 Å². The third-order valence-electron chi connectivity index (χ3n) is 8.22. The number of amides is 1. The Morgan fingerprint density at radius 3 is 2.43 bits per heavy atom. The molecule has 0 radical (unpaired) electrons. The summed E-state index contributed by atoms with van der Waals surface area (Å²) in [6.07, 6.45) is 1.38. The number of hydrogen-bond acceptors (Lipinski definition) is 7. The maximum atomic E-state index is 18.2. The molecule has 1 amide bonds. The fraction of sp³-hybridized carbons (Fsp3) is 0.433. The molecule has 1 aromatic heterocycles. The number of fused-ring (bicyclic) bond motifs is 1. The van der Waals surface area contributed by atoms with Crippen molar-refractivity contribution >= 4 is 29.1 Å². The molecule has 2 aliphatic heterocycles. The maximum absolute atomic E-state index is 18.2. The van der Waals surface area contributed by atoms with Crippen LogP contribution in [-0.2, 0) is 21.8 Å². The molecule has 3 aliphatic rings. The van der Waals surface area contributed by atoms with Gasteiger partial charge in [0.15, 0.2) is 0 Å². The molecule has 2 N–H and O–H groups in total. The van der Waals surface area contributed by atoms with Crippen molar-refractivity contribution < 1.29 is 33.4 Å². The molecule has 3 heterocycles. The summed E-state index contributed by atoms with van der Waals surface area (Å²) in [6, 6.07) is 10.1. The highest BCUT2D eigenvalue weighted by Gasteiger charge is 2.61. The predicted molar refractivity (Wildman–Crippen MR) is 150 cm³/mol. The normalized spacial score (nSPS) is 25.4. The van der Waals surface area contributed by atoms with Gasteiger partial charge < -0.3 is 14.9 Å². The minimum Gasteiger partial charge on any atom is -0.396 e. The number of alkyl halides is 2. The zero-order valence-corrected chi connectivity index (χ0v) is 24.0. The Hall–Kier alpha value is -2.73. The van der Waals surface area contributed by atoms with Crippen LogP contribution in [0.4, 0.5) is 8.78 Å². The SMILES string of the molecule is O=C1c2ccc(-c3ccc(Cl)cc3)c(Cc3ncc(Cl)cn3)c2[C@](F)(C(CO)C2CC(F)CCO2)N1OCC1(O)CC1. The number of nitrogens with zero attached hydrogens (tertiary/aromatic N) is 3. The number of carbonyl (C=O) groups is 1. The second-order valence-electron chi connectivity index (χ2n) is 11.1. The molecule has 4 atom stereocenters. The van der Waals surface area contributed by atoms with Gasteiger partial charge in [0.2, 0.25) is 5.79 Å². The zero-order valence-electron chi connectivity index (χ0n) is 22.5. The van der Waals surface area contributed by atoms with Gasteiger partial charge in [-0.3, -0.25) is 9.63 Å². The van der Waals surface area contributed by atoms with Crippen molar-refractivity contribution in [1.82, 2.24) is 15.0 Å². The van der Waals surface area contributed by atoms with Gasteiger partial charge in [-0.1, -0.05) is 41.4 Å². The van der Waals surface area contributed by atoms with E-state index in [9.17, 15) is 19.4 Å². The average Bonchev–Trinajstić information content (AvgIpc) is 3.66. The number of ether oxygens (including phenoxy) is 1. The molecular formula is C30H29Cl2F2N3O5. The molecule has 3 aromatic rings. The van der Waals surface area contributed by atoms with Gasteiger partial charge in [-0.05, 0) is 47.7 Å². The molecule has 42 heavy (non-hydrogen) atoms. The minimum atomic E-state index is -2.79. The summed E-state index contributed by atoms with van der Waals surface area (Å²) in [4.78, 5) is 28.2. The van der Waals surface area contributed by atoms with Gasteiger partial charge in [0.25, 0.3) is 5.91 Å². The lowest BCUT2D eigenvalue weighted by molar-refractivity contribution is -0.276. The molecule has 2 fully saturated rings. The van der Waals surface area contributed by atoms with Crippen LogP contribution in [0.15, 0.2) is 48.8 Å². The van der Waals surface area contributed by atoms with Crippen molar-refractivity contribution in [3.63, 3.8) is 0 Å². The highest BCUT2D eigenvalue weighted by molar-refractivity contribution is 6.30. The molecule has 222 valence electrons. The molecular weight excluding hydrogens is 591 g/mol. The Morgan fingerprint density at radius 1 is 1.10 bits per heavy atom. The number of halogens is 4. The van der Waals surface area contributed by atoms with Crippen LogP contribution < -0.4 is 0 Å². The summed E-state index contributed by atoms with van der Waals surface area (Å²) < 4.78 is 38.6. The first kappa shape index (κ1) is 29.3. The standard InChI is InChI=1S/C30H29Cl2F2N3O5/c31-18-3-1-17(2-4-18)21-5-6-22-27(23(21)12-26-35-13-19(32)14-36-26)30(34,24(15-38)25-11-20(33)7-10-41-25)37(28(22)39)42-16-29(40)8-9-29/h1-6,13-14,20,24-25,38,40H,7-12,15-16H2/t20?,24?,25?,30-/m0/s1. The minimum absolute atomic E-state index is 0.00743. The highest BCUT2D eigenvalue weighted by atomic mass is 35.5. The van der Waals surface area contributed by atoms with Crippen LogP contribution in [0.1, 0.15) is 53.0 Å². The molecule has 0 bridgehead atoms. The largest absolute Gasteiger partial charge is 0.396 e. The van der Waals surface area contributed by atoms with Crippen molar-refractivity contribution in [1.29, 1.82) is 0 Å². The number of hydroxylamine groups is 2. The molecule has 6 rings (SSSR count). The first-order valence-corrected chi connectivity index (χ1v) is 14.5.